The average Bonchev–Trinajstić information content (AvgIpc) is 3.23. The Morgan fingerprint density at radius 2 is 1.96 bits per heavy atom. The van der Waals surface area contributed by atoms with Gasteiger partial charge in [-0.15, -0.1) is 0 Å². The first kappa shape index (κ1) is 14.9. The summed E-state index contributed by atoms with van der Waals surface area (Å²) in [6, 6.07) is 14.6. The first-order valence-corrected chi connectivity index (χ1v) is 8.32. The summed E-state index contributed by atoms with van der Waals surface area (Å²) in [6.45, 7) is 0.767. The highest BCUT2D eigenvalue weighted by molar-refractivity contribution is 5.89. The van der Waals surface area contributed by atoms with E-state index in [1.807, 2.05) is 35.4 Å². The molecule has 3 nitrogen and oxygen atoms in total. The zero-order valence-electron chi connectivity index (χ0n) is 13.3. The van der Waals surface area contributed by atoms with Gasteiger partial charge in [0.2, 0.25) is 5.91 Å². The monoisotopic (exact) mass is 322 g/mol. The van der Waals surface area contributed by atoms with Crippen molar-refractivity contribution in [2.45, 2.75) is 25.3 Å². The number of hydrogen-bond donors (Lipinski definition) is 1. The number of nitrogens with zero attached hydrogens (tertiary/aromatic N) is 1. The van der Waals surface area contributed by atoms with E-state index in [1.165, 1.54) is 12.1 Å². The lowest BCUT2D eigenvalue weighted by Crippen LogP contribution is -2.31. The number of aromatic nitrogens is 1. The number of carbonyl (C=O) groups is 1. The van der Waals surface area contributed by atoms with Crippen molar-refractivity contribution in [3.8, 4) is 0 Å². The van der Waals surface area contributed by atoms with E-state index in [0.29, 0.717) is 6.42 Å². The maximum absolute atomic E-state index is 13.1. The van der Waals surface area contributed by atoms with E-state index < -0.39 is 0 Å². The first-order chi connectivity index (χ1) is 11.7. The molecule has 122 valence electrons. The van der Waals surface area contributed by atoms with Gasteiger partial charge in [0.1, 0.15) is 5.82 Å². The third-order valence-corrected chi connectivity index (χ3v) is 4.84. The molecule has 1 aliphatic heterocycles. The van der Waals surface area contributed by atoms with Crippen LogP contribution in [-0.4, -0.2) is 22.3 Å². The van der Waals surface area contributed by atoms with E-state index in [-0.39, 0.29) is 17.8 Å². The zero-order valence-corrected chi connectivity index (χ0v) is 13.3. The predicted octanol–water partition coefficient (Wildman–Crippen LogP) is 4.21. The zero-order chi connectivity index (χ0) is 16.5. The van der Waals surface area contributed by atoms with Crippen molar-refractivity contribution in [3.63, 3.8) is 0 Å². The molecule has 0 saturated carbocycles. The molecule has 1 aromatic heterocycles. The second-order valence-electron chi connectivity index (χ2n) is 6.33. The van der Waals surface area contributed by atoms with E-state index in [4.69, 9.17) is 0 Å². The summed E-state index contributed by atoms with van der Waals surface area (Å²) < 4.78 is 13.1. The minimum absolute atomic E-state index is 0.0586. The Morgan fingerprint density at radius 1 is 1.17 bits per heavy atom. The molecule has 0 radical (unpaired) electrons. The molecule has 1 atom stereocenters. The molecule has 1 fully saturated rings. The van der Waals surface area contributed by atoms with Crippen molar-refractivity contribution in [2.24, 2.45) is 0 Å². The summed E-state index contributed by atoms with van der Waals surface area (Å²) in [5.41, 5.74) is 3.10. The van der Waals surface area contributed by atoms with Gasteiger partial charge in [0.25, 0.3) is 0 Å². The molecule has 0 aliphatic carbocycles. The van der Waals surface area contributed by atoms with Gasteiger partial charge in [-0.25, -0.2) is 4.39 Å². The molecule has 1 N–H and O–H groups in total. The summed E-state index contributed by atoms with van der Waals surface area (Å²) in [6.07, 6.45) is 4.24. The third kappa shape index (κ3) is 2.68. The highest BCUT2D eigenvalue weighted by Gasteiger charge is 2.30. The number of nitrogens with one attached hydrogen (secondary N) is 1. The molecule has 1 aliphatic rings. The molecule has 0 bridgehead atoms. The molecule has 1 saturated heterocycles. The van der Waals surface area contributed by atoms with E-state index >= 15 is 0 Å². The fourth-order valence-electron chi connectivity index (χ4n) is 3.64. The van der Waals surface area contributed by atoms with Gasteiger partial charge in [-0.1, -0.05) is 30.3 Å². The van der Waals surface area contributed by atoms with Crippen LogP contribution in [0.2, 0.25) is 0 Å². The van der Waals surface area contributed by atoms with Crippen LogP contribution in [0.15, 0.2) is 54.7 Å². The molecule has 4 rings (SSSR count). The topological polar surface area (TPSA) is 36.1 Å². The van der Waals surface area contributed by atoms with Crippen molar-refractivity contribution in [2.75, 3.05) is 6.54 Å². The Balaban J connectivity index is 1.56. The number of hydrogen-bond acceptors (Lipinski definition) is 1. The predicted molar refractivity (Wildman–Crippen MR) is 92.1 cm³/mol. The van der Waals surface area contributed by atoms with Gasteiger partial charge in [0.05, 0.1) is 12.5 Å². The fraction of sp³-hybridized carbons (Fsp3) is 0.250. The molecule has 4 heteroatoms. The maximum Gasteiger partial charge on any atom is 0.227 e. The van der Waals surface area contributed by atoms with Crippen LogP contribution in [0.3, 0.4) is 0 Å². The van der Waals surface area contributed by atoms with Gasteiger partial charge in [-0.3, -0.25) is 4.79 Å². The second kappa shape index (κ2) is 6.11. The fourth-order valence-corrected chi connectivity index (χ4v) is 3.64. The van der Waals surface area contributed by atoms with Crippen molar-refractivity contribution < 1.29 is 9.18 Å². The minimum Gasteiger partial charge on any atom is -0.361 e. The summed E-state index contributed by atoms with van der Waals surface area (Å²) in [5, 5.41) is 1.10. The lowest BCUT2D eigenvalue weighted by molar-refractivity contribution is -0.131. The number of likely N-dealkylation sites (tertiary alicyclic amines) is 1. The summed E-state index contributed by atoms with van der Waals surface area (Å²) in [4.78, 5) is 18.0. The number of carbonyl (C=O) groups excluding carboxylic acids is 1. The standard InChI is InChI=1S/C20H19FN2O/c21-16-9-7-14(8-10-16)19-6-3-11-23(19)20(24)12-15-13-22-18-5-2-1-4-17(15)18/h1-2,4-5,7-10,13,19,22H,3,6,11-12H2/t19-/m1/s1. The van der Waals surface area contributed by atoms with Crippen molar-refractivity contribution in [1.29, 1.82) is 0 Å². The molecule has 24 heavy (non-hydrogen) atoms. The highest BCUT2D eigenvalue weighted by Crippen LogP contribution is 2.33. The summed E-state index contributed by atoms with van der Waals surface area (Å²) >= 11 is 0. The van der Waals surface area contributed by atoms with Gasteiger partial charge >= 0.3 is 0 Å². The SMILES string of the molecule is O=C(Cc1c[nH]c2ccccc12)N1CCC[C@@H]1c1ccc(F)cc1. The number of fused-ring (bicyclic) bond motifs is 1. The van der Waals surface area contributed by atoms with Crippen LogP contribution in [-0.2, 0) is 11.2 Å². The van der Waals surface area contributed by atoms with Gasteiger partial charge < -0.3 is 9.88 Å². The number of aromatic amines is 1. The van der Waals surface area contributed by atoms with E-state index in [2.05, 4.69) is 4.98 Å². The minimum atomic E-state index is -0.242. The summed E-state index contributed by atoms with van der Waals surface area (Å²) in [7, 11) is 0. The van der Waals surface area contributed by atoms with Crippen LogP contribution in [0.25, 0.3) is 10.9 Å². The Bertz CT molecular complexity index is 869. The molecule has 1 amide bonds. The molecule has 2 heterocycles. The van der Waals surface area contributed by atoms with Crippen LogP contribution >= 0.6 is 0 Å². The number of para-hydroxylation sites is 1. The number of benzene rings is 2. The van der Waals surface area contributed by atoms with Crippen LogP contribution in [0, 0.1) is 5.82 Å². The van der Waals surface area contributed by atoms with Crippen LogP contribution < -0.4 is 0 Å². The van der Waals surface area contributed by atoms with E-state index in [1.54, 1.807) is 12.1 Å². The van der Waals surface area contributed by atoms with Crippen LogP contribution in [0.1, 0.15) is 30.0 Å². The first-order valence-electron chi connectivity index (χ1n) is 8.32. The van der Waals surface area contributed by atoms with E-state index in [0.717, 1.165) is 41.4 Å². The lowest BCUT2D eigenvalue weighted by Gasteiger charge is -2.25. The molecule has 3 aromatic rings. The van der Waals surface area contributed by atoms with E-state index in [9.17, 15) is 9.18 Å². The van der Waals surface area contributed by atoms with Crippen LogP contribution in [0.4, 0.5) is 4.39 Å². The van der Waals surface area contributed by atoms with Gasteiger partial charge in [-0.2, -0.15) is 0 Å². The smallest absolute Gasteiger partial charge is 0.227 e. The van der Waals surface area contributed by atoms with Crippen molar-refractivity contribution in [1.82, 2.24) is 9.88 Å². The lowest BCUT2D eigenvalue weighted by atomic mass is 10.0. The number of H-pyrrole nitrogens is 1. The number of rotatable bonds is 3. The third-order valence-electron chi connectivity index (χ3n) is 4.84. The Kier molecular flexibility index (Phi) is 3.81. The number of amides is 1. The normalized spacial score (nSPS) is 17.5. The maximum atomic E-state index is 13.1. The molecule has 0 spiro atoms. The van der Waals surface area contributed by atoms with Crippen LogP contribution in [0.5, 0.6) is 0 Å². The average molecular weight is 322 g/mol. The Labute approximate surface area is 140 Å². The largest absolute Gasteiger partial charge is 0.361 e. The molecule has 0 unspecified atom stereocenters. The Hall–Kier alpha value is -2.62. The van der Waals surface area contributed by atoms with Crippen molar-refractivity contribution >= 4 is 16.8 Å². The number of halogens is 1. The van der Waals surface area contributed by atoms with Gasteiger partial charge in [-0.05, 0) is 42.2 Å². The quantitative estimate of drug-likeness (QED) is 0.770. The highest BCUT2D eigenvalue weighted by atomic mass is 19.1. The van der Waals surface area contributed by atoms with Crippen molar-refractivity contribution in [3.05, 3.63) is 71.7 Å². The molecule has 2 aromatic carbocycles. The second-order valence-corrected chi connectivity index (χ2v) is 6.33. The van der Waals surface area contributed by atoms with Gasteiger partial charge in [0.15, 0.2) is 0 Å². The molecular weight excluding hydrogens is 303 g/mol. The molecular formula is C20H19FN2O. The summed E-state index contributed by atoms with van der Waals surface area (Å²) in [5.74, 6) is -0.111. The van der Waals surface area contributed by atoms with Gasteiger partial charge in [0, 0.05) is 23.6 Å². The Morgan fingerprint density at radius 3 is 2.79 bits per heavy atom.